The number of anilines is 1. The summed E-state index contributed by atoms with van der Waals surface area (Å²) < 4.78 is 19.7. The van der Waals surface area contributed by atoms with Crippen molar-refractivity contribution in [3.8, 4) is 0 Å². The minimum atomic E-state index is -0.588. The molecule has 19 heavy (non-hydrogen) atoms. The molecule has 2 rings (SSSR count). The second-order valence-corrected chi connectivity index (χ2v) is 4.71. The average Bonchev–Trinajstić information content (AvgIpc) is 2.73. The highest BCUT2D eigenvalue weighted by Gasteiger charge is 2.15. The average molecular weight is 328 g/mol. The van der Waals surface area contributed by atoms with Gasteiger partial charge in [-0.25, -0.2) is 9.18 Å². The molecule has 0 atom stereocenters. The van der Waals surface area contributed by atoms with Crippen molar-refractivity contribution >= 4 is 27.6 Å². The summed E-state index contributed by atoms with van der Waals surface area (Å²) >= 11 is 3.27. The van der Waals surface area contributed by atoms with Crippen LogP contribution in [-0.4, -0.2) is 22.9 Å². The lowest BCUT2D eigenvalue weighted by atomic mass is 10.2. The first-order chi connectivity index (χ1) is 9.01. The van der Waals surface area contributed by atoms with E-state index in [0.29, 0.717) is 11.0 Å². The van der Waals surface area contributed by atoms with E-state index in [-0.39, 0.29) is 17.2 Å². The van der Waals surface area contributed by atoms with Crippen LogP contribution in [0, 0.1) is 5.82 Å². The third-order valence-corrected chi connectivity index (χ3v) is 3.25. The lowest BCUT2D eigenvalue weighted by Crippen LogP contribution is -2.07. The predicted octanol–water partition coefficient (Wildman–Crippen LogP) is 2.20. The number of halogens is 2. The number of nitrogens with zero attached hydrogens (tertiary/aromatic N) is 2. The standard InChI is InChI=1S/C12H11BrFN3O2/c1-19-12(18)11-10(15)6-17(16-11)5-7-2-3-8(14)4-9(7)13/h2-4,6H,5,15H2,1H3. The maximum atomic E-state index is 13.0. The first-order valence-electron chi connectivity index (χ1n) is 5.36. The Morgan fingerprint density at radius 1 is 1.58 bits per heavy atom. The molecular weight excluding hydrogens is 317 g/mol. The summed E-state index contributed by atoms with van der Waals surface area (Å²) in [6.07, 6.45) is 1.53. The van der Waals surface area contributed by atoms with Crippen molar-refractivity contribution < 1.29 is 13.9 Å². The van der Waals surface area contributed by atoms with Gasteiger partial charge in [-0.1, -0.05) is 22.0 Å². The van der Waals surface area contributed by atoms with Crippen molar-refractivity contribution in [3.63, 3.8) is 0 Å². The van der Waals surface area contributed by atoms with Gasteiger partial charge in [0, 0.05) is 10.7 Å². The molecule has 0 amide bonds. The minimum absolute atomic E-state index is 0.0701. The highest BCUT2D eigenvalue weighted by molar-refractivity contribution is 9.10. The van der Waals surface area contributed by atoms with Gasteiger partial charge in [0.1, 0.15) is 5.82 Å². The number of nitrogens with two attached hydrogens (primary N) is 1. The number of carbonyl (C=O) groups is 1. The largest absolute Gasteiger partial charge is 0.464 e. The molecule has 1 heterocycles. The van der Waals surface area contributed by atoms with Crippen LogP contribution < -0.4 is 5.73 Å². The van der Waals surface area contributed by atoms with Crippen LogP contribution in [0.5, 0.6) is 0 Å². The molecule has 2 N–H and O–H groups in total. The van der Waals surface area contributed by atoms with Crippen LogP contribution in [0.2, 0.25) is 0 Å². The van der Waals surface area contributed by atoms with Crippen LogP contribution in [0.25, 0.3) is 0 Å². The van der Waals surface area contributed by atoms with E-state index < -0.39 is 5.97 Å². The molecule has 0 aliphatic carbocycles. The van der Waals surface area contributed by atoms with Gasteiger partial charge in [-0.05, 0) is 17.7 Å². The molecule has 0 saturated carbocycles. The molecule has 1 aromatic heterocycles. The van der Waals surface area contributed by atoms with Crippen LogP contribution in [0.1, 0.15) is 16.1 Å². The molecule has 7 heteroatoms. The van der Waals surface area contributed by atoms with Crippen LogP contribution in [0.15, 0.2) is 28.9 Å². The van der Waals surface area contributed by atoms with Gasteiger partial charge in [-0.2, -0.15) is 5.10 Å². The monoisotopic (exact) mass is 327 g/mol. The van der Waals surface area contributed by atoms with Gasteiger partial charge in [-0.15, -0.1) is 0 Å². The fourth-order valence-corrected chi connectivity index (χ4v) is 2.07. The number of esters is 1. The Morgan fingerprint density at radius 2 is 2.32 bits per heavy atom. The zero-order chi connectivity index (χ0) is 14.0. The lowest BCUT2D eigenvalue weighted by Gasteiger charge is -2.04. The second-order valence-electron chi connectivity index (χ2n) is 3.86. The zero-order valence-electron chi connectivity index (χ0n) is 10.1. The molecule has 1 aromatic carbocycles. The second kappa shape index (κ2) is 5.40. The van der Waals surface area contributed by atoms with Gasteiger partial charge in [0.25, 0.3) is 0 Å². The summed E-state index contributed by atoms with van der Waals surface area (Å²) in [6, 6.07) is 4.35. The predicted molar refractivity (Wildman–Crippen MR) is 71.2 cm³/mol. The highest BCUT2D eigenvalue weighted by Crippen LogP contribution is 2.20. The molecule has 0 spiro atoms. The molecule has 2 aromatic rings. The van der Waals surface area contributed by atoms with E-state index in [2.05, 4.69) is 25.8 Å². The number of ether oxygens (including phenoxy) is 1. The van der Waals surface area contributed by atoms with E-state index in [9.17, 15) is 9.18 Å². The summed E-state index contributed by atoms with van der Waals surface area (Å²) in [5.74, 6) is -0.916. The van der Waals surface area contributed by atoms with Crippen molar-refractivity contribution in [1.82, 2.24) is 9.78 Å². The lowest BCUT2D eigenvalue weighted by molar-refractivity contribution is 0.0594. The first-order valence-corrected chi connectivity index (χ1v) is 6.15. The quantitative estimate of drug-likeness (QED) is 0.877. The molecule has 0 saturated heterocycles. The maximum Gasteiger partial charge on any atom is 0.360 e. The maximum absolute atomic E-state index is 13.0. The molecule has 0 fully saturated rings. The van der Waals surface area contributed by atoms with E-state index in [0.717, 1.165) is 5.56 Å². The Hall–Kier alpha value is -1.89. The Kier molecular flexibility index (Phi) is 3.84. The number of rotatable bonds is 3. The summed E-state index contributed by atoms with van der Waals surface area (Å²) in [7, 11) is 1.26. The third kappa shape index (κ3) is 2.93. The van der Waals surface area contributed by atoms with Crippen LogP contribution >= 0.6 is 15.9 Å². The van der Waals surface area contributed by atoms with Gasteiger partial charge in [0.2, 0.25) is 0 Å². The molecule has 100 valence electrons. The fourth-order valence-electron chi connectivity index (χ4n) is 1.60. The van der Waals surface area contributed by atoms with Gasteiger partial charge >= 0.3 is 5.97 Å². The summed E-state index contributed by atoms with van der Waals surface area (Å²) in [5, 5.41) is 4.04. The molecule has 0 bridgehead atoms. The Labute approximate surface area is 117 Å². The van der Waals surface area contributed by atoms with Crippen molar-refractivity contribution in [2.45, 2.75) is 6.54 Å². The van der Waals surface area contributed by atoms with E-state index >= 15 is 0 Å². The number of hydrogen-bond donors (Lipinski definition) is 1. The smallest absolute Gasteiger partial charge is 0.360 e. The molecule has 0 radical (unpaired) electrons. The molecule has 0 aliphatic heterocycles. The van der Waals surface area contributed by atoms with Crippen molar-refractivity contribution in [1.29, 1.82) is 0 Å². The Bertz CT molecular complexity index is 627. The summed E-state index contributed by atoms with van der Waals surface area (Å²) in [4.78, 5) is 11.4. The van der Waals surface area contributed by atoms with Crippen molar-refractivity contribution in [3.05, 3.63) is 45.9 Å². The molecule has 5 nitrogen and oxygen atoms in total. The normalized spacial score (nSPS) is 10.5. The topological polar surface area (TPSA) is 70.1 Å². The molecular formula is C12H11BrFN3O2. The van der Waals surface area contributed by atoms with Gasteiger partial charge in [0.15, 0.2) is 5.69 Å². The van der Waals surface area contributed by atoms with E-state index in [1.165, 1.54) is 30.1 Å². The van der Waals surface area contributed by atoms with E-state index in [1.54, 1.807) is 6.07 Å². The number of hydrogen-bond acceptors (Lipinski definition) is 4. The number of aromatic nitrogens is 2. The number of benzene rings is 1. The van der Waals surface area contributed by atoms with Crippen LogP contribution in [0.4, 0.5) is 10.1 Å². The number of carbonyl (C=O) groups excluding carboxylic acids is 1. The number of methoxy groups -OCH3 is 1. The summed E-state index contributed by atoms with van der Waals surface area (Å²) in [5.41, 5.74) is 6.81. The number of nitrogen functional groups attached to an aromatic ring is 1. The van der Waals surface area contributed by atoms with E-state index in [1.807, 2.05) is 0 Å². The summed E-state index contributed by atoms with van der Waals surface area (Å²) in [6.45, 7) is 0.363. The van der Waals surface area contributed by atoms with Gasteiger partial charge in [-0.3, -0.25) is 4.68 Å². The first kappa shape index (κ1) is 13.5. The van der Waals surface area contributed by atoms with Crippen molar-refractivity contribution in [2.75, 3.05) is 12.8 Å². The van der Waals surface area contributed by atoms with Crippen LogP contribution in [-0.2, 0) is 11.3 Å². The van der Waals surface area contributed by atoms with Crippen LogP contribution in [0.3, 0.4) is 0 Å². The zero-order valence-corrected chi connectivity index (χ0v) is 11.6. The third-order valence-electron chi connectivity index (χ3n) is 2.52. The van der Waals surface area contributed by atoms with Crippen molar-refractivity contribution in [2.24, 2.45) is 0 Å². The SMILES string of the molecule is COC(=O)c1nn(Cc2ccc(F)cc2Br)cc1N. The Balaban J connectivity index is 2.26. The highest BCUT2D eigenvalue weighted by atomic mass is 79.9. The molecule has 0 aliphatic rings. The van der Waals surface area contributed by atoms with E-state index in [4.69, 9.17) is 5.73 Å². The minimum Gasteiger partial charge on any atom is -0.464 e. The molecule has 0 unspecified atom stereocenters. The Morgan fingerprint density at radius 3 is 2.95 bits per heavy atom. The van der Waals surface area contributed by atoms with Gasteiger partial charge in [0.05, 0.1) is 19.3 Å². The van der Waals surface area contributed by atoms with Gasteiger partial charge < -0.3 is 10.5 Å². The fraction of sp³-hybridized carbons (Fsp3) is 0.167.